The van der Waals surface area contributed by atoms with Gasteiger partial charge in [0.25, 0.3) is 0 Å². The Morgan fingerprint density at radius 1 is 1.06 bits per heavy atom. The van der Waals surface area contributed by atoms with E-state index in [9.17, 15) is 17.6 Å². The van der Waals surface area contributed by atoms with E-state index in [0.29, 0.717) is 36.9 Å². The lowest BCUT2D eigenvalue weighted by molar-refractivity contribution is 0.0853. The summed E-state index contributed by atoms with van der Waals surface area (Å²) in [6.07, 6.45) is 2.26. The van der Waals surface area contributed by atoms with Gasteiger partial charge in [0.05, 0.1) is 6.67 Å². The second kappa shape index (κ2) is 11.3. The molecule has 0 spiro atoms. The van der Waals surface area contributed by atoms with E-state index in [1.807, 2.05) is 0 Å². The first-order valence-corrected chi connectivity index (χ1v) is 12.9. The molecule has 36 heavy (non-hydrogen) atoms. The molecule has 1 fully saturated rings. The third kappa shape index (κ3) is 6.88. The number of rotatable bonds is 7. The molecule has 5 rings (SSSR count). The maximum Gasteiger partial charge on any atom is 0.126 e. The predicted octanol–water partition coefficient (Wildman–Crippen LogP) is 6.46. The van der Waals surface area contributed by atoms with Crippen LogP contribution in [0.5, 0.6) is 0 Å². The summed E-state index contributed by atoms with van der Waals surface area (Å²) in [5.74, 6) is -0.599. The summed E-state index contributed by atoms with van der Waals surface area (Å²) in [7, 11) is 0. The average molecular weight is 504 g/mol. The molecule has 3 nitrogen and oxygen atoms in total. The SMILES string of the molecule is C[C@@H]1Cc2c([nH]c3ccccc23)CN1CC(C)(C)F.FCCCN1CC(Cc2cc(F)cc(F)c2)C1. The fraction of sp³-hybridized carbons (Fsp3) is 0.517. The van der Waals surface area contributed by atoms with Crippen molar-refractivity contribution in [2.75, 3.05) is 32.9 Å². The molecule has 1 saturated heterocycles. The number of H-pyrrole nitrogens is 1. The number of nitrogens with zero attached hydrogens (tertiary/aromatic N) is 2. The molecule has 7 heteroatoms. The summed E-state index contributed by atoms with van der Waals surface area (Å²) >= 11 is 0. The first-order valence-electron chi connectivity index (χ1n) is 12.9. The van der Waals surface area contributed by atoms with Crippen molar-refractivity contribution in [1.82, 2.24) is 14.8 Å². The van der Waals surface area contributed by atoms with Crippen LogP contribution in [0.1, 0.15) is 44.0 Å². The van der Waals surface area contributed by atoms with Crippen LogP contribution >= 0.6 is 0 Å². The Kier molecular flexibility index (Phi) is 8.41. The molecule has 3 heterocycles. The fourth-order valence-electron chi connectivity index (χ4n) is 5.44. The third-order valence-corrected chi connectivity index (χ3v) is 7.05. The molecule has 3 aromatic rings. The third-order valence-electron chi connectivity index (χ3n) is 7.05. The first-order chi connectivity index (χ1) is 17.1. The number of aromatic nitrogens is 1. The fourth-order valence-corrected chi connectivity index (χ4v) is 5.44. The molecule has 2 aromatic carbocycles. The van der Waals surface area contributed by atoms with E-state index in [1.165, 1.54) is 34.3 Å². The number of aromatic amines is 1. The van der Waals surface area contributed by atoms with Crippen molar-refractivity contribution in [3.05, 3.63) is 70.9 Å². The van der Waals surface area contributed by atoms with E-state index in [0.717, 1.165) is 38.7 Å². The molecule has 0 saturated carbocycles. The van der Waals surface area contributed by atoms with E-state index >= 15 is 0 Å². The topological polar surface area (TPSA) is 22.3 Å². The second-order valence-corrected chi connectivity index (χ2v) is 11.0. The van der Waals surface area contributed by atoms with Gasteiger partial charge in [0.15, 0.2) is 0 Å². The normalized spacial score (nSPS) is 19.0. The Morgan fingerprint density at radius 3 is 2.42 bits per heavy atom. The van der Waals surface area contributed by atoms with Crippen LogP contribution in [0.2, 0.25) is 0 Å². The minimum atomic E-state index is -1.14. The highest BCUT2D eigenvalue weighted by Crippen LogP contribution is 2.31. The smallest absolute Gasteiger partial charge is 0.126 e. The van der Waals surface area contributed by atoms with Gasteiger partial charge < -0.3 is 9.88 Å². The van der Waals surface area contributed by atoms with Gasteiger partial charge in [0.2, 0.25) is 0 Å². The number of fused-ring (bicyclic) bond motifs is 3. The average Bonchev–Trinajstić information content (AvgIpc) is 3.11. The van der Waals surface area contributed by atoms with E-state index in [2.05, 4.69) is 46.0 Å². The molecule has 0 radical (unpaired) electrons. The zero-order chi connectivity index (χ0) is 25.9. The maximum atomic E-state index is 13.9. The van der Waals surface area contributed by atoms with Crippen LogP contribution in [0.3, 0.4) is 0 Å². The highest BCUT2D eigenvalue weighted by atomic mass is 19.1. The molecular formula is C29H37F4N3. The summed E-state index contributed by atoms with van der Waals surface area (Å²) in [5, 5.41) is 1.32. The lowest BCUT2D eigenvalue weighted by Gasteiger charge is -2.39. The van der Waals surface area contributed by atoms with Crippen LogP contribution < -0.4 is 0 Å². The standard InChI is InChI=1S/C16H21FN2.C13H16F3N/c1-11-8-13-12-6-4-5-7-14(12)18-15(13)9-19(11)10-16(2,3)17;14-2-1-3-17-8-11(9-17)4-10-5-12(15)7-13(16)6-10/h4-7,11,18H,8-10H2,1-3H3;5-7,11H,1-4,8-9H2/t11-;/m1./s1. The van der Waals surface area contributed by atoms with Gasteiger partial charge in [-0.05, 0) is 75.3 Å². The Morgan fingerprint density at radius 2 is 1.75 bits per heavy atom. The second-order valence-electron chi connectivity index (χ2n) is 11.0. The number of para-hydroxylation sites is 1. The molecule has 2 aliphatic rings. The van der Waals surface area contributed by atoms with Crippen LogP contribution in [-0.4, -0.2) is 59.3 Å². The van der Waals surface area contributed by atoms with Gasteiger partial charge >= 0.3 is 0 Å². The first kappa shape index (κ1) is 26.7. The predicted molar refractivity (Wildman–Crippen MR) is 138 cm³/mol. The van der Waals surface area contributed by atoms with Gasteiger partial charge in [-0.25, -0.2) is 13.2 Å². The maximum absolute atomic E-state index is 13.9. The van der Waals surface area contributed by atoms with Crippen molar-refractivity contribution in [2.45, 2.75) is 58.3 Å². The molecular weight excluding hydrogens is 466 g/mol. The Labute approximate surface area is 211 Å². The van der Waals surface area contributed by atoms with Crippen molar-refractivity contribution >= 4 is 10.9 Å². The number of alkyl halides is 2. The van der Waals surface area contributed by atoms with Crippen molar-refractivity contribution < 1.29 is 17.6 Å². The van der Waals surface area contributed by atoms with Gasteiger partial charge in [-0.1, -0.05) is 18.2 Å². The van der Waals surface area contributed by atoms with E-state index in [-0.39, 0.29) is 6.67 Å². The summed E-state index contributed by atoms with van der Waals surface area (Å²) < 4.78 is 51.7. The van der Waals surface area contributed by atoms with E-state index in [1.54, 1.807) is 13.8 Å². The monoisotopic (exact) mass is 503 g/mol. The Hall–Kier alpha value is -2.38. The van der Waals surface area contributed by atoms with Crippen LogP contribution in [0.15, 0.2) is 42.5 Å². The zero-order valence-electron chi connectivity index (χ0n) is 21.5. The highest BCUT2D eigenvalue weighted by Gasteiger charge is 2.30. The van der Waals surface area contributed by atoms with Crippen molar-refractivity contribution in [3.63, 3.8) is 0 Å². The summed E-state index contributed by atoms with van der Waals surface area (Å²) in [4.78, 5) is 7.89. The molecule has 1 N–H and O–H groups in total. The molecule has 0 unspecified atom stereocenters. The zero-order valence-corrected chi connectivity index (χ0v) is 21.5. The largest absolute Gasteiger partial charge is 0.357 e. The van der Waals surface area contributed by atoms with Crippen molar-refractivity contribution in [3.8, 4) is 0 Å². The van der Waals surface area contributed by atoms with Crippen LogP contribution in [-0.2, 0) is 19.4 Å². The van der Waals surface area contributed by atoms with Crippen molar-refractivity contribution in [1.29, 1.82) is 0 Å². The number of benzene rings is 2. The van der Waals surface area contributed by atoms with Crippen molar-refractivity contribution in [2.24, 2.45) is 5.92 Å². The lowest BCUT2D eigenvalue weighted by atomic mass is 9.92. The van der Waals surface area contributed by atoms with Gasteiger partial charge in [-0.15, -0.1) is 0 Å². The molecule has 1 aromatic heterocycles. The van der Waals surface area contributed by atoms with Crippen LogP contribution in [0, 0.1) is 17.6 Å². The quantitative estimate of drug-likeness (QED) is 0.374. The minimum Gasteiger partial charge on any atom is -0.357 e. The molecule has 0 bridgehead atoms. The van der Waals surface area contributed by atoms with E-state index < -0.39 is 17.3 Å². The Balaban J connectivity index is 0.000000170. The minimum absolute atomic E-state index is 0.281. The number of hydrogen-bond donors (Lipinski definition) is 1. The molecule has 0 amide bonds. The summed E-state index contributed by atoms with van der Waals surface area (Å²) in [5.41, 5.74) is 3.43. The molecule has 1 atom stereocenters. The van der Waals surface area contributed by atoms with Crippen LogP contribution in [0.4, 0.5) is 17.6 Å². The Bertz CT molecular complexity index is 1130. The summed E-state index contributed by atoms with van der Waals surface area (Å²) in [6, 6.07) is 12.5. The van der Waals surface area contributed by atoms with Crippen LogP contribution in [0.25, 0.3) is 10.9 Å². The van der Waals surface area contributed by atoms with Gasteiger partial charge in [-0.2, -0.15) is 0 Å². The number of likely N-dealkylation sites (tertiary alicyclic amines) is 1. The number of halogens is 4. The lowest BCUT2D eigenvalue weighted by Crippen LogP contribution is -2.47. The highest BCUT2D eigenvalue weighted by molar-refractivity contribution is 5.84. The van der Waals surface area contributed by atoms with Gasteiger partial charge in [0, 0.05) is 61.4 Å². The van der Waals surface area contributed by atoms with Gasteiger partial charge in [0.1, 0.15) is 17.3 Å². The van der Waals surface area contributed by atoms with E-state index in [4.69, 9.17) is 0 Å². The number of nitrogens with one attached hydrogen (secondary N) is 1. The number of hydrogen-bond acceptors (Lipinski definition) is 2. The van der Waals surface area contributed by atoms with Gasteiger partial charge in [-0.3, -0.25) is 9.29 Å². The molecule has 2 aliphatic heterocycles. The molecule has 196 valence electrons. The molecule has 0 aliphatic carbocycles. The summed E-state index contributed by atoms with van der Waals surface area (Å²) in [6.45, 7) is 9.11.